The zero-order chi connectivity index (χ0) is 16.9. The lowest BCUT2D eigenvalue weighted by atomic mass is 10.3. The van der Waals surface area contributed by atoms with Gasteiger partial charge in [0, 0.05) is 11.9 Å². The number of hydrogen-bond donors (Lipinski definition) is 2. The minimum absolute atomic E-state index is 0.0631. The normalized spacial score (nSPS) is 10.2. The van der Waals surface area contributed by atoms with Crippen molar-refractivity contribution in [2.75, 3.05) is 10.6 Å². The van der Waals surface area contributed by atoms with Gasteiger partial charge in [0.1, 0.15) is 23.0 Å². The van der Waals surface area contributed by atoms with Gasteiger partial charge in [-0.15, -0.1) is 0 Å². The molecule has 0 radical (unpaired) electrons. The Hall–Kier alpha value is -3.35. The Kier molecular flexibility index (Phi) is 4.42. The molecule has 0 bridgehead atoms. The van der Waals surface area contributed by atoms with Gasteiger partial charge in [-0.25, -0.2) is 18.7 Å². The van der Waals surface area contributed by atoms with Crippen molar-refractivity contribution in [1.82, 2.24) is 9.97 Å². The van der Waals surface area contributed by atoms with Crippen LogP contribution >= 0.6 is 0 Å². The smallest absolute Gasteiger partial charge is 0.274 e. The van der Waals surface area contributed by atoms with Crippen molar-refractivity contribution in [2.45, 2.75) is 0 Å². The number of benzene rings is 2. The van der Waals surface area contributed by atoms with Gasteiger partial charge in [0.2, 0.25) is 5.95 Å². The third kappa shape index (κ3) is 3.52. The highest BCUT2D eigenvalue weighted by molar-refractivity contribution is 6.02. The van der Waals surface area contributed by atoms with Crippen LogP contribution in [0, 0.1) is 11.6 Å². The Morgan fingerprint density at radius 2 is 1.62 bits per heavy atom. The summed E-state index contributed by atoms with van der Waals surface area (Å²) in [6.45, 7) is 0. The maximum absolute atomic E-state index is 13.6. The molecule has 1 aromatic heterocycles. The lowest BCUT2D eigenvalue weighted by Crippen LogP contribution is -2.15. The third-order valence-electron chi connectivity index (χ3n) is 3.12. The predicted molar refractivity (Wildman–Crippen MR) is 86.1 cm³/mol. The largest absolute Gasteiger partial charge is 0.321 e. The van der Waals surface area contributed by atoms with Crippen LogP contribution in [-0.2, 0) is 0 Å². The number of amides is 1. The van der Waals surface area contributed by atoms with Crippen LogP contribution in [0.2, 0.25) is 0 Å². The number of carbonyl (C=O) groups excluding carboxylic acids is 1. The fourth-order valence-electron chi connectivity index (χ4n) is 1.99. The first-order chi connectivity index (χ1) is 11.6. The van der Waals surface area contributed by atoms with E-state index in [0.29, 0.717) is 5.69 Å². The van der Waals surface area contributed by atoms with E-state index in [-0.39, 0.29) is 17.3 Å². The van der Waals surface area contributed by atoms with Gasteiger partial charge in [0.15, 0.2) is 0 Å². The molecule has 0 saturated heterocycles. The van der Waals surface area contributed by atoms with Gasteiger partial charge < -0.3 is 10.6 Å². The van der Waals surface area contributed by atoms with E-state index < -0.39 is 17.5 Å². The summed E-state index contributed by atoms with van der Waals surface area (Å²) in [6, 6.07) is 13.7. The SMILES string of the molecule is O=C(Nc1ccccc1)c1ccnc(Nc2c(F)cccc2F)n1. The summed E-state index contributed by atoms with van der Waals surface area (Å²) in [5.41, 5.74) is 0.294. The number of para-hydroxylation sites is 2. The van der Waals surface area contributed by atoms with Gasteiger partial charge in [0.25, 0.3) is 5.91 Å². The molecule has 0 spiro atoms. The van der Waals surface area contributed by atoms with Crippen LogP contribution in [-0.4, -0.2) is 15.9 Å². The Bertz CT molecular complexity index is 851. The molecule has 0 aliphatic carbocycles. The van der Waals surface area contributed by atoms with Gasteiger partial charge in [-0.3, -0.25) is 4.79 Å². The molecule has 0 saturated carbocycles. The Morgan fingerprint density at radius 3 is 2.33 bits per heavy atom. The third-order valence-corrected chi connectivity index (χ3v) is 3.12. The number of aromatic nitrogens is 2. The molecule has 1 heterocycles. The number of nitrogens with one attached hydrogen (secondary N) is 2. The number of nitrogens with zero attached hydrogens (tertiary/aromatic N) is 2. The molecule has 3 aromatic rings. The Balaban J connectivity index is 1.80. The highest BCUT2D eigenvalue weighted by atomic mass is 19.1. The highest BCUT2D eigenvalue weighted by Gasteiger charge is 2.12. The van der Waals surface area contributed by atoms with Crippen LogP contribution in [0.25, 0.3) is 0 Å². The number of carbonyl (C=O) groups is 1. The topological polar surface area (TPSA) is 66.9 Å². The minimum Gasteiger partial charge on any atom is -0.321 e. The summed E-state index contributed by atoms with van der Waals surface area (Å²) in [6.07, 6.45) is 1.33. The van der Waals surface area contributed by atoms with E-state index in [1.54, 1.807) is 24.3 Å². The molecule has 2 N–H and O–H groups in total. The lowest BCUT2D eigenvalue weighted by Gasteiger charge is -2.08. The Labute approximate surface area is 136 Å². The number of anilines is 3. The number of rotatable bonds is 4. The van der Waals surface area contributed by atoms with E-state index in [1.165, 1.54) is 18.3 Å². The second kappa shape index (κ2) is 6.82. The first-order valence-corrected chi connectivity index (χ1v) is 7.04. The number of hydrogen-bond acceptors (Lipinski definition) is 4. The van der Waals surface area contributed by atoms with E-state index in [4.69, 9.17) is 0 Å². The summed E-state index contributed by atoms with van der Waals surface area (Å²) in [4.78, 5) is 20.0. The molecule has 0 atom stereocenters. The molecule has 0 fully saturated rings. The first kappa shape index (κ1) is 15.5. The number of halogens is 2. The molecule has 0 aliphatic heterocycles. The standard InChI is InChI=1S/C17H12F2N4O/c18-12-7-4-8-13(19)15(12)23-17-20-10-9-14(22-17)16(24)21-11-5-2-1-3-6-11/h1-10H,(H,21,24)(H,20,22,23). The van der Waals surface area contributed by atoms with Crippen molar-refractivity contribution in [3.05, 3.63) is 78.1 Å². The zero-order valence-corrected chi connectivity index (χ0v) is 12.3. The van der Waals surface area contributed by atoms with Gasteiger partial charge in [0.05, 0.1) is 0 Å². The van der Waals surface area contributed by atoms with Gasteiger partial charge in [-0.1, -0.05) is 24.3 Å². The predicted octanol–water partition coefficient (Wildman–Crippen LogP) is 3.75. The van der Waals surface area contributed by atoms with Crippen LogP contribution in [0.4, 0.5) is 26.1 Å². The fraction of sp³-hybridized carbons (Fsp3) is 0. The van der Waals surface area contributed by atoms with Crippen LogP contribution in [0.1, 0.15) is 10.5 Å². The molecule has 7 heteroatoms. The molecule has 2 aromatic carbocycles. The van der Waals surface area contributed by atoms with Crippen LogP contribution in [0.5, 0.6) is 0 Å². The first-order valence-electron chi connectivity index (χ1n) is 7.04. The van der Waals surface area contributed by atoms with Gasteiger partial charge in [-0.2, -0.15) is 0 Å². The summed E-state index contributed by atoms with van der Waals surface area (Å²) >= 11 is 0. The van der Waals surface area contributed by atoms with Crippen molar-refractivity contribution in [2.24, 2.45) is 0 Å². The summed E-state index contributed by atoms with van der Waals surface area (Å²) in [5.74, 6) is -2.10. The van der Waals surface area contributed by atoms with Crippen LogP contribution in [0.15, 0.2) is 60.8 Å². The second-order valence-corrected chi connectivity index (χ2v) is 4.81. The average Bonchev–Trinajstić information content (AvgIpc) is 2.59. The molecule has 0 unspecified atom stereocenters. The van der Waals surface area contributed by atoms with Crippen LogP contribution in [0.3, 0.4) is 0 Å². The van der Waals surface area contributed by atoms with Crippen molar-refractivity contribution < 1.29 is 13.6 Å². The maximum Gasteiger partial charge on any atom is 0.274 e. The van der Waals surface area contributed by atoms with E-state index in [2.05, 4.69) is 20.6 Å². The van der Waals surface area contributed by atoms with Gasteiger partial charge >= 0.3 is 0 Å². The molecule has 0 aliphatic rings. The summed E-state index contributed by atoms with van der Waals surface area (Å²) < 4.78 is 27.3. The highest BCUT2D eigenvalue weighted by Crippen LogP contribution is 2.21. The molecule has 24 heavy (non-hydrogen) atoms. The van der Waals surface area contributed by atoms with E-state index in [1.807, 2.05) is 6.07 Å². The quantitative estimate of drug-likeness (QED) is 0.766. The van der Waals surface area contributed by atoms with E-state index in [9.17, 15) is 13.6 Å². The van der Waals surface area contributed by atoms with Crippen molar-refractivity contribution in [3.8, 4) is 0 Å². The summed E-state index contributed by atoms with van der Waals surface area (Å²) in [5, 5.41) is 5.11. The summed E-state index contributed by atoms with van der Waals surface area (Å²) in [7, 11) is 0. The molecule has 120 valence electrons. The molecule has 3 rings (SSSR count). The second-order valence-electron chi connectivity index (χ2n) is 4.81. The van der Waals surface area contributed by atoms with Crippen LogP contribution < -0.4 is 10.6 Å². The van der Waals surface area contributed by atoms with Crippen molar-refractivity contribution in [1.29, 1.82) is 0 Å². The monoisotopic (exact) mass is 326 g/mol. The van der Waals surface area contributed by atoms with E-state index in [0.717, 1.165) is 12.1 Å². The van der Waals surface area contributed by atoms with Crippen molar-refractivity contribution >= 4 is 23.2 Å². The molecular weight excluding hydrogens is 314 g/mol. The van der Waals surface area contributed by atoms with E-state index >= 15 is 0 Å². The van der Waals surface area contributed by atoms with Crippen molar-refractivity contribution in [3.63, 3.8) is 0 Å². The zero-order valence-electron chi connectivity index (χ0n) is 12.3. The minimum atomic E-state index is -0.780. The maximum atomic E-state index is 13.6. The average molecular weight is 326 g/mol. The fourth-order valence-corrected chi connectivity index (χ4v) is 1.99. The molecule has 5 nitrogen and oxygen atoms in total. The molecular formula is C17H12F2N4O. The Morgan fingerprint density at radius 1 is 0.917 bits per heavy atom. The molecule has 1 amide bonds. The lowest BCUT2D eigenvalue weighted by molar-refractivity contribution is 0.102. The van der Waals surface area contributed by atoms with Gasteiger partial charge in [-0.05, 0) is 30.3 Å².